The number of carbonyl (C=O) groups excluding carboxylic acids is 2. The SMILES string of the molecule is COC(=O)C(Cc1ccccc1)NC(=O)C(C)(C)N. The van der Waals surface area contributed by atoms with Crippen molar-refractivity contribution in [3.63, 3.8) is 0 Å². The Morgan fingerprint density at radius 2 is 1.89 bits per heavy atom. The third-order valence-electron chi connectivity index (χ3n) is 2.66. The van der Waals surface area contributed by atoms with Crippen molar-refractivity contribution in [2.45, 2.75) is 31.8 Å². The number of rotatable bonds is 5. The number of hydrogen-bond donors (Lipinski definition) is 2. The van der Waals surface area contributed by atoms with Gasteiger partial charge in [-0.25, -0.2) is 4.79 Å². The summed E-state index contributed by atoms with van der Waals surface area (Å²) in [6.45, 7) is 3.17. The Hall–Kier alpha value is -1.88. The van der Waals surface area contributed by atoms with Crippen LogP contribution in [0.1, 0.15) is 19.4 Å². The third-order valence-corrected chi connectivity index (χ3v) is 2.66. The molecule has 0 saturated carbocycles. The van der Waals surface area contributed by atoms with Gasteiger partial charge in [0.2, 0.25) is 5.91 Å². The standard InChI is InChI=1S/C14H20N2O3/c1-14(2,15)13(18)16-11(12(17)19-3)9-10-7-5-4-6-8-10/h4-8,11H,9,15H2,1-3H3,(H,16,18). The Kier molecular flexibility index (Phi) is 5.06. The van der Waals surface area contributed by atoms with Crippen LogP contribution in [0, 0.1) is 0 Å². The fourth-order valence-corrected chi connectivity index (χ4v) is 1.53. The summed E-state index contributed by atoms with van der Waals surface area (Å²) < 4.78 is 4.70. The van der Waals surface area contributed by atoms with Crippen LogP contribution in [0.2, 0.25) is 0 Å². The maximum Gasteiger partial charge on any atom is 0.328 e. The van der Waals surface area contributed by atoms with Gasteiger partial charge in [-0.05, 0) is 19.4 Å². The number of methoxy groups -OCH3 is 1. The van der Waals surface area contributed by atoms with Crippen LogP contribution < -0.4 is 11.1 Å². The molecule has 19 heavy (non-hydrogen) atoms. The summed E-state index contributed by atoms with van der Waals surface area (Å²) >= 11 is 0. The third kappa shape index (κ3) is 4.71. The molecule has 5 nitrogen and oxygen atoms in total. The maximum atomic E-state index is 11.8. The highest BCUT2D eigenvalue weighted by atomic mass is 16.5. The van der Waals surface area contributed by atoms with Gasteiger partial charge < -0.3 is 15.8 Å². The summed E-state index contributed by atoms with van der Waals surface area (Å²) in [6.07, 6.45) is 0.370. The fourth-order valence-electron chi connectivity index (χ4n) is 1.53. The lowest BCUT2D eigenvalue weighted by Gasteiger charge is -2.22. The molecule has 1 atom stereocenters. The number of benzene rings is 1. The van der Waals surface area contributed by atoms with Gasteiger partial charge in [0, 0.05) is 6.42 Å². The molecule has 0 aliphatic heterocycles. The van der Waals surface area contributed by atoms with Crippen molar-refractivity contribution in [3.8, 4) is 0 Å². The van der Waals surface area contributed by atoms with Gasteiger partial charge in [-0.3, -0.25) is 4.79 Å². The van der Waals surface area contributed by atoms with E-state index in [1.54, 1.807) is 13.8 Å². The normalized spacial score (nSPS) is 12.6. The zero-order valence-electron chi connectivity index (χ0n) is 11.5. The average Bonchev–Trinajstić information content (AvgIpc) is 2.37. The second-order valence-electron chi connectivity index (χ2n) is 4.96. The highest BCUT2D eigenvalue weighted by molar-refractivity contribution is 5.89. The summed E-state index contributed by atoms with van der Waals surface area (Å²) in [5.41, 5.74) is 5.60. The summed E-state index contributed by atoms with van der Waals surface area (Å²) in [5, 5.41) is 2.62. The Balaban J connectivity index is 2.79. The van der Waals surface area contributed by atoms with Crippen molar-refractivity contribution in [3.05, 3.63) is 35.9 Å². The van der Waals surface area contributed by atoms with E-state index in [4.69, 9.17) is 10.5 Å². The van der Waals surface area contributed by atoms with E-state index in [-0.39, 0.29) is 5.91 Å². The van der Waals surface area contributed by atoms with E-state index < -0.39 is 17.6 Å². The molecule has 0 spiro atoms. The zero-order valence-corrected chi connectivity index (χ0v) is 11.5. The number of nitrogens with two attached hydrogens (primary N) is 1. The summed E-state index contributed by atoms with van der Waals surface area (Å²) in [5.74, 6) is -0.875. The van der Waals surface area contributed by atoms with Crippen LogP contribution in [0.5, 0.6) is 0 Å². The van der Waals surface area contributed by atoms with Crippen molar-refractivity contribution in [1.29, 1.82) is 0 Å². The predicted octanol–water partition coefficient (Wildman–Crippen LogP) is 0.624. The largest absolute Gasteiger partial charge is 0.467 e. The molecule has 1 unspecified atom stereocenters. The van der Waals surface area contributed by atoms with Crippen LogP contribution in [0.4, 0.5) is 0 Å². The van der Waals surface area contributed by atoms with Crippen LogP contribution in [-0.2, 0) is 20.7 Å². The Morgan fingerprint density at radius 3 is 2.37 bits per heavy atom. The Bertz CT molecular complexity index is 438. The highest BCUT2D eigenvalue weighted by Crippen LogP contribution is 2.06. The topological polar surface area (TPSA) is 81.4 Å². The van der Waals surface area contributed by atoms with E-state index in [0.717, 1.165) is 5.56 Å². The van der Waals surface area contributed by atoms with Crippen LogP contribution >= 0.6 is 0 Å². The minimum atomic E-state index is -1.04. The van der Waals surface area contributed by atoms with Gasteiger partial charge in [-0.2, -0.15) is 0 Å². The molecule has 0 heterocycles. The first-order chi connectivity index (χ1) is 8.84. The molecule has 104 valence electrons. The van der Waals surface area contributed by atoms with Crippen LogP contribution in [-0.4, -0.2) is 30.6 Å². The van der Waals surface area contributed by atoms with Gasteiger partial charge in [0.1, 0.15) is 6.04 Å². The quantitative estimate of drug-likeness (QED) is 0.764. The van der Waals surface area contributed by atoms with Crippen LogP contribution in [0.3, 0.4) is 0 Å². The van der Waals surface area contributed by atoms with Crippen molar-refractivity contribution in [1.82, 2.24) is 5.32 Å². The summed E-state index contributed by atoms with van der Waals surface area (Å²) in [4.78, 5) is 23.5. The van der Waals surface area contributed by atoms with Gasteiger partial charge in [0.15, 0.2) is 0 Å². The van der Waals surface area contributed by atoms with Crippen molar-refractivity contribution in [2.75, 3.05) is 7.11 Å². The van der Waals surface area contributed by atoms with Crippen molar-refractivity contribution >= 4 is 11.9 Å². The average molecular weight is 264 g/mol. The first-order valence-electron chi connectivity index (χ1n) is 6.06. The van der Waals surface area contributed by atoms with E-state index in [0.29, 0.717) is 6.42 Å². The molecule has 0 radical (unpaired) electrons. The minimum Gasteiger partial charge on any atom is -0.467 e. The lowest BCUT2D eigenvalue weighted by Crippen LogP contribution is -2.54. The molecule has 0 bridgehead atoms. The monoisotopic (exact) mass is 264 g/mol. The first kappa shape index (κ1) is 15.2. The zero-order chi connectivity index (χ0) is 14.5. The molecule has 0 aromatic heterocycles. The summed E-state index contributed by atoms with van der Waals surface area (Å²) in [7, 11) is 1.29. The smallest absolute Gasteiger partial charge is 0.328 e. The van der Waals surface area contributed by atoms with Crippen molar-refractivity contribution < 1.29 is 14.3 Å². The molecule has 1 aromatic rings. The number of hydrogen-bond acceptors (Lipinski definition) is 4. The van der Waals surface area contributed by atoms with Gasteiger partial charge in [-0.1, -0.05) is 30.3 Å². The van der Waals surface area contributed by atoms with E-state index in [1.807, 2.05) is 30.3 Å². The molecule has 1 amide bonds. The van der Waals surface area contributed by atoms with E-state index in [2.05, 4.69) is 5.32 Å². The molecular formula is C14H20N2O3. The first-order valence-corrected chi connectivity index (χ1v) is 6.06. The van der Waals surface area contributed by atoms with Crippen LogP contribution in [0.15, 0.2) is 30.3 Å². The Labute approximate surface area is 113 Å². The van der Waals surface area contributed by atoms with Gasteiger partial charge in [0.25, 0.3) is 0 Å². The van der Waals surface area contributed by atoms with Gasteiger partial charge >= 0.3 is 5.97 Å². The number of nitrogens with one attached hydrogen (secondary N) is 1. The molecular weight excluding hydrogens is 244 g/mol. The molecule has 0 fully saturated rings. The predicted molar refractivity (Wildman–Crippen MR) is 72.4 cm³/mol. The van der Waals surface area contributed by atoms with Crippen LogP contribution in [0.25, 0.3) is 0 Å². The van der Waals surface area contributed by atoms with E-state index in [1.165, 1.54) is 7.11 Å². The van der Waals surface area contributed by atoms with Gasteiger partial charge in [0.05, 0.1) is 12.6 Å². The number of amides is 1. The molecule has 1 aromatic carbocycles. The lowest BCUT2D eigenvalue weighted by atomic mass is 10.0. The van der Waals surface area contributed by atoms with E-state index in [9.17, 15) is 9.59 Å². The molecule has 1 rings (SSSR count). The highest BCUT2D eigenvalue weighted by Gasteiger charge is 2.28. The second-order valence-corrected chi connectivity index (χ2v) is 4.96. The van der Waals surface area contributed by atoms with Crippen molar-refractivity contribution in [2.24, 2.45) is 5.73 Å². The lowest BCUT2D eigenvalue weighted by molar-refractivity contribution is -0.145. The molecule has 5 heteroatoms. The minimum absolute atomic E-state index is 0.370. The molecule has 0 aliphatic rings. The van der Waals surface area contributed by atoms with Gasteiger partial charge in [-0.15, -0.1) is 0 Å². The molecule has 3 N–H and O–H groups in total. The molecule has 0 aliphatic carbocycles. The number of esters is 1. The Morgan fingerprint density at radius 1 is 1.32 bits per heavy atom. The molecule has 0 saturated heterocycles. The van der Waals surface area contributed by atoms with E-state index >= 15 is 0 Å². The number of carbonyl (C=O) groups is 2. The number of ether oxygens (including phenoxy) is 1. The fraction of sp³-hybridized carbons (Fsp3) is 0.429. The summed E-state index contributed by atoms with van der Waals surface area (Å²) in [6, 6.07) is 8.67. The maximum absolute atomic E-state index is 11.8. The second kappa shape index (κ2) is 6.33.